The third-order valence-electron chi connectivity index (χ3n) is 3.18. The Balaban J connectivity index is 1.94. The summed E-state index contributed by atoms with van der Waals surface area (Å²) in [7, 11) is 0. The second kappa shape index (κ2) is 4.18. The van der Waals surface area contributed by atoms with Crippen molar-refractivity contribution in [3.05, 3.63) is 59.3 Å². The highest BCUT2D eigenvalue weighted by Crippen LogP contribution is 2.28. The van der Waals surface area contributed by atoms with Crippen LogP contribution in [-0.2, 0) is 19.7 Å². The van der Waals surface area contributed by atoms with Crippen LogP contribution in [0.15, 0.2) is 42.6 Å². The van der Waals surface area contributed by atoms with Gasteiger partial charge in [0.1, 0.15) is 5.82 Å². The molecule has 17 heavy (non-hydrogen) atoms. The molecule has 0 bridgehead atoms. The average Bonchev–Trinajstić information content (AvgIpc) is 2.82. The van der Waals surface area contributed by atoms with E-state index in [2.05, 4.69) is 34.1 Å². The van der Waals surface area contributed by atoms with E-state index in [9.17, 15) is 5.11 Å². The first-order valence-electron chi connectivity index (χ1n) is 5.75. The number of nitrogens with zero attached hydrogens (tertiary/aromatic N) is 2. The van der Waals surface area contributed by atoms with Crippen LogP contribution >= 0.6 is 0 Å². The summed E-state index contributed by atoms with van der Waals surface area (Å²) < 4.78 is 0. The quantitative estimate of drug-likeness (QED) is 0.851. The first kappa shape index (κ1) is 10.3. The lowest BCUT2D eigenvalue weighted by Crippen LogP contribution is -2.17. The third kappa shape index (κ3) is 1.78. The van der Waals surface area contributed by atoms with Gasteiger partial charge in [-0.15, -0.1) is 0 Å². The van der Waals surface area contributed by atoms with Crippen molar-refractivity contribution in [2.24, 2.45) is 0 Å². The van der Waals surface area contributed by atoms with Crippen LogP contribution < -0.4 is 4.90 Å². The number of fused-ring (bicyclic) bond motifs is 1. The second-order valence-corrected chi connectivity index (χ2v) is 4.27. The molecule has 86 valence electrons. The number of anilines is 1. The van der Waals surface area contributed by atoms with Gasteiger partial charge >= 0.3 is 0 Å². The molecule has 0 saturated carbocycles. The van der Waals surface area contributed by atoms with Gasteiger partial charge in [-0.2, -0.15) is 0 Å². The molecule has 0 spiro atoms. The van der Waals surface area contributed by atoms with E-state index in [4.69, 9.17) is 0 Å². The molecule has 0 amide bonds. The molecule has 3 nitrogen and oxygen atoms in total. The minimum Gasteiger partial charge on any atom is -0.392 e. The molecule has 3 rings (SSSR count). The fourth-order valence-corrected chi connectivity index (χ4v) is 2.32. The number of hydrogen-bond acceptors (Lipinski definition) is 3. The average molecular weight is 226 g/mol. The van der Waals surface area contributed by atoms with Crippen LogP contribution in [0, 0.1) is 0 Å². The Kier molecular flexibility index (Phi) is 2.53. The van der Waals surface area contributed by atoms with Crippen LogP contribution in [-0.4, -0.2) is 10.1 Å². The zero-order valence-corrected chi connectivity index (χ0v) is 9.50. The van der Waals surface area contributed by atoms with Gasteiger partial charge in [-0.1, -0.05) is 30.3 Å². The van der Waals surface area contributed by atoms with Gasteiger partial charge in [0.2, 0.25) is 0 Å². The van der Waals surface area contributed by atoms with Crippen LogP contribution in [0.5, 0.6) is 0 Å². The largest absolute Gasteiger partial charge is 0.392 e. The van der Waals surface area contributed by atoms with Gasteiger partial charge in [-0.3, -0.25) is 0 Å². The van der Waals surface area contributed by atoms with E-state index in [1.54, 1.807) is 6.20 Å². The van der Waals surface area contributed by atoms with Crippen molar-refractivity contribution in [3.8, 4) is 0 Å². The number of aromatic nitrogens is 1. The van der Waals surface area contributed by atoms with Crippen molar-refractivity contribution in [1.82, 2.24) is 4.98 Å². The molecule has 1 aliphatic rings. The minimum atomic E-state index is 0.0377. The Labute approximate surface area is 100 Å². The van der Waals surface area contributed by atoms with Crippen molar-refractivity contribution >= 4 is 5.82 Å². The van der Waals surface area contributed by atoms with Crippen molar-refractivity contribution in [2.45, 2.75) is 19.7 Å². The Morgan fingerprint density at radius 2 is 1.76 bits per heavy atom. The van der Waals surface area contributed by atoms with E-state index in [1.165, 1.54) is 11.1 Å². The van der Waals surface area contributed by atoms with Gasteiger partial charge in [-0.05, 0) is 17.2 Å². The van der Waals surface area contributed by atoms with E-state index in [-0.39, 0.29) is 6.61 Å². The standard InChI is InChI=1S/C14H14N2O/c17-10-13-6-3-7-15-14(13)16-8-11-4-1-2-5-12(11)9-16/h1-7,17H,8-10H2. The fourth-order valence-electron chi connectivity index (χ4n) is 2.32. The SMILES string of the molecule is OCc1cccnc1N1Cc2ccccc2C1. The predicted octanol–water partition coefficient (Wildman–Crippen LogP) is 2.09. The zero-order valence-electron chi connectivity index (χ0n) is 9.50. The van der Waals surface area contributed by atoms with E-state index in [0.717, 1.165) is 24.5 Å². The fraction of sp³-hybridized carbons (Fsp3) is 0.214. The van der Waals surface area contributed by atoms with Gasteiger partial charge in [-0.25, -0.2) is 4.98 Å². The normalized spacial score (nSPS) is 13.8. The Hall–Kier alpha value is -1.87. The Bertz CT molecular complexity index is 514. The lowest BCUT2D eigenvalue weighted by Gasteiger charge is -2.18. The van der Waals surface area contributed by atoms with Crippen LogP contribution in [0.1, 0.15) is 16.7 Å². The highest BCUT2D eigenvalue weighted by Gasteiger charge is 2.21. The highest BCUT2D eigenvalue weighted by molar-refractivity contribution is 5.51. The lowest BCUT2D eigenvalue weighted by molar-refractivity contribution is 0.281. The number of pyridine rings is 1. The Morgan fingerprint density at radius 1 is 1.06 bits per heavy atom. The molecule has 2 aromatic rings. The number of benzene rings is 1. The van der Waals surface area contributed by atoms with Crippen LogP contribution in [0.2, 0.25) is 0 Å². The van der Waals surface area contributed by atoms with Crippen LogP contribution in [0.3, 0.4) is 0 Å². The molecule has 0 radical (unpaired) electrons. The maximum atomic E-state index is 9.33. The van der Waals surface area contributed by atoms with Crippen molar-refractivity contribution in [1.29, 1.82) is 0 Å². The zero-order chi connectivity index (χ0) is 11.7. The van der Waals surface area contributed by atoms with Gasteiger partial charge in [0.05, 0.1) is 6.61 Å². The summed E-state index contributed by atoms with van der Waals surface area (Å²) in [5, 5.41) is 9.33. The van der Waals surface area contributed by atoms with Crippen LogP contribution in [0.25, 0.3) is 0 Å². The van der Waals surface area contributed by atoms with Gasteiger partial charge in [0.25, 0.3) is 0 Å². The predicted molar refractivity (Wildman–Crippen MR) is 66.5 cm³/mol. The summed E-state index contributed by atoms with van der Waals surface area (Å²) in [6.07, 6.45) is 1.78. The molecule has 0 aliphatic carbocycles. The molecular weight excluding hydrogens is 212 g/mol. The molecule has 2 heterocycles. The first-order valence-corrected chi connectivity index (χ1v) is 5.75. The second-order valence-electron chi connectivity index (χ2n) is 4.27. The summed E-state index contributed by atoms with van der Waals surface area (Å²) in [6.45, 7) is 1.79. The third-order valence-corrected chi connectivity index (χ3v) is 3.18. The topological polar surface area (TPSA) is 36.4 Å². The monoisotopic (exact) mass is 226 g/mol. The summed E-state index contributed by atoms with van der Waals surface area (Å²) in [5.74, 6) is 0.895. The van der Waals surface area contributed by atoms with E-state index in [1.807, 2.05) is 12.1 Å². The summed E-state index contributed by atoms with van der Waals surface area (Å²) in [6, 6.07) is 12.2. The molecule has 0 atom stereocenters. The van der Waals surface area contributed by atoms with E-state index >= 15 is 0 Å². The molecule has 1 N–H and O–H groups in total. The molecular formula is C14H14N2O. The summed E-state index contributed by atoms with van der Waals surface area (Å²) in [5.41, 5.74) is 3.59. The lowest BCUT2D eigenvalue weighted by atomic mass is 10.1. The number of hydrogen-bond donors (Lipinski definition) is 1. The molecule has 1 aromatic heterocycles. The van der Waals surface area contributed by atoms with Crippen molar-refractivity contribution in [3.63, 3.8) is 0 Å². The number of rotatable bonds is 2. The number of aliphatic hydroxyl groups excluding tert-OH is 1. The van der Waals surface area contributed by atoms with Gasteiger partial charge in [0.15, 0.2) is 0 Å². The summed E-state index contributed by atoms with van der Waals surface area (Å²) >= 11 is 0. The summed E-state index contributed by atoms with van der Waals surface area (Å²) in [4.78, 5) is 6.59. The highest BCUT2D eigenvalue weighted by atomic mass is 16.3. The Morgan fingerprint density at radius 3 is 2.41 bits per heavy atom. The molecule has 0 unspecified atom stereocenters. The van der Waals surface area contributed by atoms with E-state index < -0.39 is 0 Å². The molecule has 0 saturated heterocycles. The van der Waals surface area contributed by atoms with Gasteiger partial charge < -0.3 is 10.0 Å². The van der Waals surface area contributed by atoms with Crippen molar-refractivity contribution < 1.29 is 5.11 Å². The molecule has 3 heteroatoms. The molecule has 1 aromatic carbocycles. The smallest absolute Gasteiger partial charge is 0.134 e. The maximum Gasteiger partial charge on any atom is 0.134 e. The van der Waals surface area contributed by atoms with Gasteiger partial charge in [0, 0.05) is 24.8 Å². The van der Waals surface area contributed by atoms with E-state index in [0.29, 0.717) is 0 Å². The molecule has 1 aliphatic heterocycles. The van der Waals surface area contributed by atoms with Crippen LogP contribution in [0.4, 0.5) is 5.82 Å². The van der Waals surface area contributed by atoms with Crippen molar-refractivity contribution in [2.75, 3.05) is 4.90 Å². The molecule has 0 fully saturated rings. The maximum absolute atomic E-state index is 9.33. The number of aliphatic hydroxyl groups is 1. The first-order chi connectivity index (χ1) is 8.38. The minimum absolute atomic E-state index is 0.0377.